The average Bonchev–Trinajstić information content (AvgIpc) is 2.22. The minimum absolute atomic E-state index is 0.200. The number of hydrogen-bond donors (Lipinski definition) is 1. The third-order valence-electron chi connectivity index (χ3n) is 1.84. The molecule has 0 aliphatic carbocycles. The summed E-state index contributed by atoms with van der Waals surface area (Å²) in [4.78, 5) is 0. The van der Waals surface area contributed by atoms with Crippen LogP contribution < -0.4 is 5.32 Å². The van der Waals surface area contributed by atoms with Crippen LogP contribution in [0.15, 0.2) is 24.3 Å². The number of hydrogen-bond acceptors (Lipinski definition) is 3. The van der Waals surface area contributed by atoms with Crippen molar-refractivity contribution in [3.05, 3.63) is 27.8 Å². The van der Waals surface area contributed by atoms with E-state index in [4.69, 9.17) is 9.47 Å². The van der Waals surface area contributed by atoms with E-state index >= 15 is 0 Å². The third-order valence-corrected chi connectivity index (χ3v) is 2.56. The third kappa shape index (κ3) is 3.81. The lowest BCUT2D eigenvalue weighted by molar-refractivity contribution is -0.0914. The predicted octanol–water partition coefficient (Wildman–Crippen LogP) is 2.32. The van der Waals surface area contributed by atoms with Gasteiger partial charge < -0.3 is 14.8 Å². The lowest BCUT2D eigenvalue weighted by Crippen LogP contribution is -2.23. The van der Waals surface area contributed by atoms with Crippen LogP contribution in [-0.2, 0) is 9.47 Å². The predicted molar refractivity (Wildman–Crippen MR) is 65.5 cm³/mol. The van der Waals surface area contributed by atoms with Crippen molar-refractivity contribution in [2.24, 2.45) is 0 Å². The summed E-state index contributed by atoms with van der Waals surface area (Å²) in [6, 6.07) is 8.17. The van der Waals surface area contributed by atoms with Crippen LogP contribution in [0, 0.1) is 3.57 Å². The summed E-state index contributed by atoms with van der Waals surface area (Å²) < 4.78 is 11.3. The van der Waals surface area contributed by atoms with Crippen molar-refractivity contribution in [2.75, 3.05) is 26.1 Å². The largest absolute Gasteiger partial charge is 0.380 e. The molecule has 0 saturated heterocycles. The monoisotopic (exact) mass is 307 g/mol. The minimum Gasteiger partial charge on any atom is -0.380 e. The molecule has 1 aromatic rings. The number of anilines is 1. The van der Waals surface area contributed by atoms with E-state index < -0.39 is 0 Å². The second kappa shape index (κ2) is 6.21. The Labute approximate surface area is 97.9 Å². The molecule has 0 atom stereocenters. The Kier molecular flexibility index (Phi) is 5.21. The molecule has 1 N–H and O–H groups in total. The van der Waals surface area contributed by atoms with Gasteiger partial charge in [0.05, 0.1) is 6.54 Å². The molecule has 0 spiro atoms. The molecule has 0 saturated carbocycles. The van der Waals surface area contributed by atoms with Gasteiger partial charge in [0, 0.05) is 23.5 Å². The van der Waals surface area contributed by atoms with Crippen LogP contribution in [0.25, 0.3) is 0 Å². The molecule has 14 heavy (non-hydrogen) atoms. The number of ether oxygens (including phenoxy) is 2. The van der Waals surface area contributed by atoms with E-state index in [1.165, 1.54) is 3.57 Å². The van der Waals surface area contributed by atoms with Crippen LogP contribution in [0.3, 0.4) is 0 Å². The van der Waals surface area contributed by atoms with Gasteiger partial charge in [0.2, 0.25) is 0 Å². The van der Waals surface area contributed by atoms with Gasteiger partial charge in [0.15, 0.2) is 6.29 Å². The average molecular weight is 307 g/mol. The van der Waals surface area contributed by atoms with Gasteiger partial charge in [-0.2, -0.15) is 0 Å². The summed E-state index contributed by atoms with van der Waals surface area (Å²) in [5.41, 5.74) is 1.07. The molecule has 0 heterocycles. The standard InChI is InChI=1S/C10H14INO2/c1-13-10(14-2)7-12-9-5-3-8(11)4-6-9/h3-6,10,12H,7H2,1-2H3. The highest BCUT2D eigenvalue weighted by molar-refractivity contribution is 14.1. The topological polar surface area (TPSA) is 30.5 Å². The Bertz CT molecular complexity index is 259. The molecule has 0 aliphatic rings. The summed E-state index contributed by atoms with van der Waals surface area (Å²) in [5.74, 6) is 0. The zero-order valence-corrected chi connectivity index (χ0v) is 10.4. The quantitative estimate of drug-likeness (QED) is 0.669. The van der Waals surface area contributed by atoms with E-state index in [-0.39, 0.29) is 6.29 Å². The lowest BCUT2D eigenvalue weighted by atomic mass is 10.3. The van der Waals surface area contributed by atoms with E-state index in [1.807, 2.05) is 12.1 Å². The van der Waals surface area contributed by atoms with E-state index in [1.54, 1.807) is 14.2 Å². The highest BCUT2D eigenvalue weighted by Crippen LogP contribution is 2.11. The number of benzene rings is 1. The van der Waals surface area contributed by atoms with Crippen LogP contribution in [0.4, 0.5) is 5.69 Å². The number of rotatable bonds is 5. The van der Waals surface area contributed by atoms with Crippen molar-refractivity contribution >= 4 is 28.3 Å². The normalized spacial score (nSPS) is 10.6. The Balaban J connectivity index is 2.41. The Morgan fingerprint density at radius 1 is 1.21 bits per heavy atom. The summed E-state index contributed by atoms with van der Waals surface area (Å²) in [7, 11) is 3.26. The first-order valence-electron chi connectivity index (χ1n) is 4.31. The second-order valence-electron chi connectivity index (χ2n) is 2.79. The molecule has 0 bridgehead atoms. The van der Waals surface area contributed by atoms with Gasteiger partial charge in [-0.05, 0) is 46.9 Å². The lowest BCUT2D eigenvalue weighted by Gasteiger charge is -2.14. The molecular formula is C10H14INO2. The highest BCUT2D eigenvalue weighted by atomic mass is 127. The molecule has 3 nitrogen and oxygen atoms in total. The molecule has 1 rings (SSSR count). The van der Waals surface area contributed by atoms with Crippen molar-refractivity contribution in [3.63, 3.8) is 0 Å². The maximum absolute atomic E-state index is 5.06. The van der Waals surface area contributed by atoms with Gasteiger partial charge in [-0.25, -0.2) is 0 Å². The molecule has 0 aliphatic heterocycles. The fraction of sp³-hybridized carbons (Fsp3) is 0.400. The SMILES string of the molecule is COC(CNc1ccc(I)cc1)OC. The molecule has 0 fully saturated rings. The maximum atomic E-state index is 5.06. The fourth-order valence-electron chi connectivity index (χ4n) is 1.03. The van der Waals surface area contributed by atoms with Crippen molar-refractivity contribution in [1.82, 2.24) is 0 Å². The van der Waals surface area contributed by atoms with Gasteiger partial charge in [0.1, 0.15) is 0 Å². The van der Waals surface area contributed by atoms with Crippen molar-refractivity contribution in [2.45, 2.75) is 6.29 Å². The van der Waals surface area contributed by atoms with Gasteiger partial charge in [-0.15, -0.1) is 0 Å². The maximum Gasteiger partial charge on any atom is 0.173 e. The Hall–Kier alpha value is -0.330. The minimum atomic E-state index is -0.200. The first-order chi connectivity index (χ1) is 6.76. The molecule has 0 aromatic heterocycles. The summed E-state index contributed by atoms with van der Waals surface area (Å²) in [5, 5.41) is 3.22. The van der Waals surface area contributed by atoms with Gasteiger partial charge in [-0.1, -0.05) is 0 Å². The van der Waals surface area contributed by atoms with Gasteiger partial charge >= 0.3 is 0 Å². The Morgan fingerprint density at radius 3 is 2.29 bits per heavy atom. The van der Waals surface area contributed by atoms with Crippen molar-refractivity contribution in [3.8, 4) is 0 Å². The summed E-state index contributed by atoms with van der Waals surface area (Å²) >= 11 is 2.28. The van der Waals surface area contributed by atoms with Crippen LogP contribution in [0.2, 0.25) is 0 Å². The summed E-state index contributed by atoms with van der Waals surface area (Å²) in [6.07, 6.45) is -0.200. The number of nitrogens with one attached hydrogen (secondary N) is 1. The molecule has 4 heteroatoms. The zero-order valence-electron chi connectivity index (χ0n) is 8.29. The highest BCUT2D eigenvalue weighted by Gasteiger charge is 2.03. The van der Waals surface area contributed by atoms with E-state index in [0.29, 0.717) is 6.54 Å². The van der Waals surface area contributed by atoms with E-state index in [9.17, 15) is 0 Å². The molecule has 1 aromatic carbocycles. The Morgan fingerprint density at radius 2 is 1.79 bits per heavy atom. The first kappa shape index (κ1) is 11.7. The molecule has 0 amide bonds. The van der Waals surface area contributed by atoms with Crippen molar-refractivity contribution < 1.29 is 9.47 Å². The van der Waals surface area contributed by atoms with Gasteiger partial charge in [-0.3, -0.25) is 0 Å². The molecule has 0 unspecified atom stereocenters. The van der Waals surface area contributed by atoms with Crippen LogP contribution >= 0.6 is 22.6 Å². The zero-order chi connectivity index (χ0) is 10.4. The number of methoxy groups -OCH3 is 2. The molecule has 0 radical (unpaired) electrons. The molecule has 78 valence electrons. The van der Waals surface area contributed by atoms with Gasteiger partial charge in [0.25, 0.3) is 0 Å². The van der Waals surface area contributed by atoms with Crippen LogP contribution in [0.5, 0.6) is 0 Å². The van der Waals surface area contributed by atoms with E-state index in [2.05, 4.69) is 40.0 Å². The van der Waals surface area contributed by atoms with Crippen molar-refractivity contribution in [1.29, 1.82) is 0 Å². The second-order valence-corrected chi connectivity index (χ2v) is 4.03. The first-order valence-corrected chi connectivity index (χ1v) is 5.39. The molecular weight excluding hydrogens is 293 g/mol. The van der Waals surface area contributed by atoms with E-state index in [0.717, 1.165) is 5.69 Å². The number of halogens is 1. The summed E-state index contributed by atoms with van der Waals surface area (Å²) in [6.45, 7) is 0.646. The fourth-order valence-corrected chi connectivity index (χ4v) is 1.39. The van der Waals surface area contributed by atoms with Crippen LogP contribution in [0.1, 0.15) is 0 Å². The van der Waals surface area contributed by atoms with Crippen LogP contribution in [-0.4, -0.2) is 27.1 Å². The smallest absolute Gasteiger partial charge is 0.173 e.